The van der Waals surface area contributed by atoms with Gasteiger partial charge in [0.1, 0.15) is 0 Å². The van der Waals surface area contributed by atoms with Gasteiger partial charge in [0.25, 0.3) is 0 Å². The van der Waals surface area contributed by atoms with Crippen molar-refractivity contribution < 1.29 is 18.9 Å². The van der Waals surface area contributed by atoms with Gasteiger partial charge in [-0.1, -0.05) is 34.1 Å². The molecule has 0 fully saturated rings. The van der Waals surface area contributed by atoms with E-state index in [0.29, 0.717) is 45.1 Å². The van der Waals surface area contributed by atoms with Crippen molar-refractivity contribution in [3.8, 4) is 0 Å². The van der Waals surface area contributed by atoms with Crippen LogP contribution in [0.2, 0.25) is 0 Å². The fourth-order valence-electron chi connectivity index (χ4n) is 1.39. The molecule has 0 aromatic carbocycles. The third-order valence-corrected chi connectivity index (χ3v) is 2.75. The SMILES string of the molecule is CCCCOCCOCCOCCOCCC(C)(C)C. The first kappa shape index (κ1) is 19.8. The van der Waals surface area contributed by atoms with Crippen LogP contribution in [0.4, 0.5) is 0 Å². The zero-order chi connectivity index (χ0) is 15.1. The molecule has 0 aliphatic heterocycles. The maximum atomic E-state index is 5.51. The minimum Gasteiger partial charge on any atom is -0.379 e. The molecule has 4 nitrogen and oxygen atoms in total. The van der Waals surface area contributed by atoms with Gasteiger partial charge < -0.3 is 18.9 Å². The Morgan fingerprint density at radius 2 is 1.00 bits per heavy atom. The van der Waals surface area contributed by atoms with E-state index in [1.165, 1.54) is 6.42 Å². The Balaban J connectivity index is 2.99. The van der Waals surface area contributed by atoms with Crippen molar-refractivity contribution in [1.29, 1.82) is 0 Å². The highest BCUT2D eigenvalue weighted by Crippen LogP contribution is 2.17. The molecule has 0 aromatic heterocycles. The third-order valence-electron chi connectivity index (χ3n) is 2.75. The summed E-state index contributed by atoms with van der Waals surface area (Å²) in [5.41, 5.74) is 0.341. The standard InChI is InChI=1S/C16H34O4/c1-5-6-8-17-10-12-19-14-15-20-13-11-18-9-7-16(2,3)4/h5-15H2,1-4H3. The molecule has 0 unspecified atom stereocenters. The van der Waals surface area contributed by atoms with Crippen LogP contribution < -0.4 is 0 Å². The summed E-state index contributed by atoms with van der Waals surface area (Å²) in [6, 6.07) is 0. The van der Waals surface area contributed by atoms with Crippen LogP contribution in [0.5, 0.6) is 0 Å². The molecule has 0 spiro atoms. The van der Waals surface area contributed by atoms with Crippen molar-refractivity contribution in [2.24, 2.45) is 5.41 Å². The Morgan fingerprint density at radius 3 is 1.40 bits per heavy atom. The van der Waals surface area contributed by atoms with Crippen LogP contribution >= 0.6 is 0 Å². The predicted octanol–water partition coefficient (Wildman–Crippen LogP) is 3.29. The molecule has 4 heteroatoms. The number of unbranched alkanes of at least 4 members (excludes halogenated alkanes) is 1. The molecule has 0 rings (SSSR count). The summed E-state index contributed by atoms with van der Waals surface area (Å²) >= 11 is 0. The molecular formula is C16H34O4. The van der Waals surface area contributed by atoms with Gasteiger partial charge in [-0.2, -0.15) is 0 Å². The Morgan fingerprint density at radius 1 is 0.600 bits per heavy atom. The van der Waals surface area contributed by atoms with Crippen LogP contribution in [-0.2, 0) is 18.9 Å². The zero-order valence-electron chi connectivity index (χ0n) is 13.9. The highest BCUT2D eigenvalue weighted by atomic mass is 16.6. The van der Waals surface area contributed by atoms with E-state index in [0.717, 1.165) is 26.1 Å². The molecule has 0 aliphatic rings. The molecule has 122 valence electrons. The van der Waals surface area contributed by atoms with Gasteiger partial charge in [0.15, 0.2) is 0 Å². The minimum atomic E-state index is 0.341. The van der Waals surface area contributed by atoms with Crippen LogP contribution in [-0.4, -0.2) is 52.9 Å². The Kier molecular flexibility index (Phi) is 13.7. The number of hydrogen-bond acceptors (Lipinski definition) is 4. The first-order chi connectivity index (χ1) is 9.56. The van der Waals surface area contributed by atoms with Crippen LogP contribution in [0, 0.1) is 5.41 Å². The lowest BCUT2D eigenvalue weighted by atomic mass is 9.93. The molecule has 0 atom stereocenters. The topological polar surface area (TPSA) is 36.9 Å². The Hall–Kier alpha value is -0.160. The van der Waals surface area contributed by atoms with E-state index in [1.807, 2.05) is 0 Å². The molecule has 0 aromatic rings. The fourth-order valence-corrected chi connectivity index (χ4v) is 1.39. The first-order valence-electron chi connectivity index (χ1n) is 7.87. The summed E-state index contributed by atoms with van der Waals surface area (Å²) in [5.74, 6) is 0. The van der Waals surface area contributed by atoms with Crippen LogP contribution in [0.25, 0.3) is 0 Å². The van der Waals surface area contributed by atoms with Gasteiger partial charge in [-0.15, -0.1) is 0 Å². The summed E-state index contributed by atoms with van der Waals surface area (Å²) in [4.78, 5) is 0. The second-order valence-corrected chi connectivity index (χ2v) is 6.11. The van der Waals surface area contributed by atoms with Gasteiger partial charge in [-0.3, -0.25) is 0 Å². The highest BCUT2D eigenvalue weighted by molar-refractivity contribution is 4.59. The number of rotatable bonds is 14. The quantitative estimate of drug-likeness (QED) is 0.460. The molecule has 0 saturated heterocycles. The van der Waals surface area contributed by atoms with Gasteiger partial charge in [-0.25, -0.2) is 0 Å². The van der Waals surface area contributed by atoms with Crippen molar-refractivity contribution in [2.45, 2.75) is 47.0 Å². The van der Waals surface area contributed by atoms with E-state index in [-0.39, 0.29) is 0 Å². The van der Waals surface area contributed by atoms with Crippen LogP contribution in [0.3, 0.4) is 0 Å². The fraction of sp³-hybridized carbons (Fsp3) is 1.00. The van der Waals surface area contributed by atoms with Crippen molar-refractivity contribution in [3.63, 3.8) is 0 Å². The molecule has 0 heterocycles. The van der Waals surface area contributed by atoms with Gasteiger partial charge in [0.05, 0.1) is 39.6 Å². The summed E-state index contributed by atoms with van der Waals surface area (Å²) < 4.78 is 21.7. The molecular weight excluding hydrogens is 256 g/mol. The summed E-state index contributed by atoms with van der Waals surface area (Å²) in [6.07, 6.45) is 3.37. The molecule has 20 heavy (non-hydrogen) atoms. The van der Waals surface area contributed by atoms with Gasteiger partial charge >= 0.3 is 0 Å². The average molecular weight is 290 g/mol. The van der Waals surface area contributed by atoms with Crippen molar-refractivity contribution in [1.82, 2.24) is 0 Å². The number of ether oxygens (including phenoxy) is 4. The zero-order valence-corrected chi connectivity index (χ0v) is 13.9. The van der Waals surface area contributed by atoms with E-state index in [1.54, 1.807) is 0 Å². The molecule has 0 saturated carbocycles. The predicted molar refractivity (Wildman–Crippen MR) is 82.3 cm³/mol. The maximum Gasteiger partial charge on any atom is 0.0701 e. The summed E-state index contributed by atoms with van der Waals surface area (Å²) in [5, 5.41) is 0. The number of hydrogen-bond donors (Lipinski definition) is 0. The van der Waals surface area contributed by atoms with E-state index >= 15 is 0 Å². The van der Waals surface area contributed by atoms with Gasteiger partial charge in [0, 0.05) is 13.2 Å². The third kappa shape index (κ3) is 17.8. The lowest BCUT2D eigenvalue weighted by molar-refractivity contribution is -0.00425. The molecule has 0 bridgehead atoms. The molecule has 0 N–H and O–H groups in total. The van der Waals surface area contributed by atoms with Crippen LogP contribution in [0.1, 0.15) is 47.0 Å². The van der Waals surface area contributed by atoms with Gasteiger partial charge in [0.2, 0.25) is 0 Å². The Bertz CT molecular complexity index is 189. The van der Waals surface area contributed by atoms with E-state index < -0.39 is 0 Å². The largest absolute Gasteiger partial charge is 0.379 e. The Labute approximate surface area is 125 Å². The second-order valence-electron chi connectivity index (χ2n) is 6.11. The van der Waals surface area contributed by atoms with Crippen molar-refractivity contribution >= 4 is 0 Å². The average Bonchev–Trinajstić information content (AvgIpc) is 2.38. The van der Waals surface area contributed by atoms with Crippen molar-refractivity contribution in [3.05, 3.63) is 0 Å². The second kappa shape index (κ2) is 13.8. The smallest absolute Gasteiger partial charge is 0.0701 e. The lowest BCUT2D eigenvalue weighted by Crippen LogP contribution is -2.14. The molecule has 0 radical (unpaired) electrons. The summed E-state index contributed by atoms with van der Waals surface area (Å²) in [7, 11) is 0. The normalized spacial score (nSPS) is 12.0. The highest BCUT2D eigenvalue weighted by Gasteiger charge is 2.08. The van der Waals surface area contributed by atoms with Gasteiger partial charge in [-0.05, 0) is 18.3 Å². The molecule has 0 aliphatic carbocycles. The van der Waals surface area contributed by atoms with E-state index in [2.05, 4.69) is 27.7 Å². The molecule has 0 amide bonds. The van der Waals surface area contributed by atoms with E-state index in [9.17, 15) is 0 Å². The minimum absolute atomic E-state index is 0.341. The monoisotopic (exact) mass is 290 g/mol. The lowest BCUT2D eigenvalue weighted by Gasteiger charge is -2.17. The first-order valence-corrected chi connectivity index (χ1v) is 7.87. The van der Waals surface area contributed by atoms with Crippen molar-refractivity contribution in [2.75, 3.05) is 52.9 Å². The maximum absolute atomic E-state index is 5.51. The summed E-state index contributed by atoms with van der Waals surface area (Å²) in [6.45, 7) is 14.3. The van der Waals surface area contributed by atoms with E-state index in [4.69, 9.17) is 18.9 Å². The van der Waals surface area contributed by atoms with Crippen LogP contribution in [0.15, 0.2) is 0 Å².